The van der Waals surface area contributed by atoms with Gasteiger partial charge in [0.1, 0.15) is 5.56 Å². The average Bonchev–Trinajstić information content (AvgIpc) is 3.06. The van der Waals surface area contributed by atoms with E-state index in [2.05, 4.69) is 15.5 Å². The monoisotopic (exact) mass is 470 g/mol. The molecular formula is C26H38N4O4. The van der Waals surface area contributed by atoms with Gasteiger partial charge in [-0.05, 0) is 57.0 Å². The fourth-order valence-corrected chi connectivity index (χ4v) is 5.67. The Morgan fingerprint density at radius 2 is 1.79 bits per heavy atom. The van der Waals surface area contributed by atoms with Crippen LogP contribution in [0.2, 0.25) is 0 Å². The zero-order valence-electron chi connectivity index (χ0n) is 20.8. The first-order chi connectivity index (χ1) is 16.4. The van der Waals surface area contributed by atoms with Crippen LogP contribution in [0.25, 0.3) is 10.9 Å². The van der Waals surface area contributed by atoms with Gasteiger partial charge < -0.3 is 24.7 Å². The number of piperidine rings is 1. The Bertz CT molecular complexity index is 1030. The summed E-state index contributed by atoms with van der Waals surface area (Å²) < 4.78 is 12.2. The number of carbonyl (C=O) groups excluding carboxylic acids is 1. The molecule has 3 atom stereocenters. The van der Waals surface area contributed by atoms with E-state index in [1.165, 1.54) is 0 Å². The molecular weight excluding hydrogens is 432 g/mol. The van der Waals surface area contributed by atoms with E-state index in [4.69, 9.17) is 9.47 Å². The Kier molecular flexibility index (Phi) is 8.03. The zero-order chi connectivity index (χ0) is 24.2. The standard InChI is InChI=1S/C26H38N4O4/c1-17(2)30-23-8-6-5-7-18(23)13-22(26(30)32)25(31)28-19-14-20-9-10-21(15-19)29(20)12-11-27-16-24(33-3)34-4/h5-8,13,17,19-21,24,27H,9-12,14-16H2,1-4H3,(H,28,31)/t19?,20-,21+. The number of amides is 1. The molecule has 2 aliphatic rings. The Morgan fingerprint density at radius 3 is 2.44 bits per heavy atom. The lowest BCUT2D eigenvalue weighted by molar-refractivity contribution is -0.0988. The van der Waals surface area contributed by atoms with Gasteiger partial charge in [-0.1, -0.05) is 18.2 Å². The molecule has 8 nitrogen and oxygen atoms in total. The van der Waals surface area contributed by atoms with Crippen molar-refractivity contribution in [2.75, 3.05) is 33.9 Å². The van der Waals surface area contributed by atoms with Gasteiger partial charge in [0.05, 0.1) is 5.52 Å². The quantitative estimate of drug-likeness (QED) is 0.410. The van der Waals surface area contributed by atoms with Crippen molar-refractivity contribution in [3.63, 3.8) is 0 Å². The molecule has 2 saturated heterocycles. The lowest BCUT2D eigenvalue weighted by atomic mass is 9.97. The zero-order valence-corrected chi connectivity index (χ0v) is 20.8. The number of aromatic nitrogens is 1. The van der Waals surface area contributed by atoms with Crippen molar-refractivity contribution in [2.45, 2.75) is 70.0 Å². The predicted molar refractivity (Wildman–Crippen MR) is 133 cm³/mol. The molecule has 1 amide bonds. The van der Waals surface area contributed by atoms with E-state index in [1.54, 1.807) is 24.9 Å². The van der Waals surface area contributed by atoms with Crippen molar-refractivity contribution < 1.29 is 14.3 Å². The summed E-state index contributed by atoms with van der Waals surface area (Å²) in [6, 6.07) is 10.5. The van der Waals surface area contributed by atoms with Crippen molar-refractivity contribution in [3.8, 4) is 0 Å². The van der Waals surface area contributed by atoms with Crippen LogP contribution in [-0.2, 0) is 9.47 Å². The first-order valence-electron chi connectivity index (χ1n) is 12.4. The molecule has 1 unspecified atom stereocenters. The first kappa shape index (κ1) is 24.9. The fourth-order valence-electron chi connectivity index (χ4n) is 5.67. The van der Waals surface area contributed by atoms with E-state index in [-0.39, 0.29) is 35.4 Å². The number of nitrogens with one attached hydrogen (secondary N) is 2. The lowest BCUT2D eigenvalue weighted by Crippen LogP contribution is -2.52. The van der Waals surface area contributed by atoms with Crippen LogP contribution in [0.4, 0.5) is 0 Å². The molecule has 0 spiro atoms. The van der Waals surface area contributed by atoms with Crippen LogP contribution >= 0.6 is 0 Å². The summed E-state index contributed by atoms with van der Waals surface area (Å²) in [4.78, 5) is 29.0. The predicted octanol–water partition coefficient (Wildman–Crippen LogP) is 2.52. The summed E-state index contributed by atoms with van der Waals surface area (Å²) in [6.07, 6.45) is 3.94. The lowest BCUT2D eigenvalue weighted by Gasteiger charge is -2.39. The molecule has 8 heteroatoms. The third-order valence-corrected chi connectivity index (χ3v) is 7.31. The van der Waals surface area contributed by atoms with E-state index >= 15 is 0 Å². The van der Waals surface area contributed by atoms with Gasteiger partial charge in [-0.3, -0.25) is 14.5 Å². The highest BCUT2D eigenvalue weighted by molar-refractivity contribution is 5.97. The molecule has 2 bridgehead atoms. The maximum Gasteiger partial charge on any atom is 0.264 e. The molecule has 3 heterocycles. The van der Waals surface area contributed by atoms with Crippen LogP contribution in [0.3, 0.4) is 0 Å². The van der Waals surface area contributed by atoms with Gasteiger partial charge in [-0.15, -0.1) is 0 Å². The van der Waals surface area contributed by atoms with E-state index in [0.29, 0.717) is 18.6 Å². The van der Waals surface area contributed by atoms with Gasteiger partial charge in [-0.25, -0.2) is 0 Å². The Hall–Kier alpha value is -2.26. The van der Waals surface area contributed by atoms with E-state index < -0.39 is 0 Å². The molecule has 2 aliphatic heterocycles. The van der Waals surface area contributed by atoms with Crippen molar-refractivity contribution in [1.29, 1.82) is 0 Å². The molecule has 2 N–H and O–H groups in total. The van der Waals surface area contributed by atoms with Gasteiger partial charge in [-0.2, -0.15) is 0 Å². The van der Waals surface area contributed by atoms with Crippen molar-refractivity contribution in [3.05, 3.63) is 46.2 Å². The number of hydrogen-bond donors (Lipinski definition) is 2. The number of methoxy groups -OCH3 is 2. The SMILES string of the molecule is COC(CNCCN1[C@@H]2CC[C@H]1CC(NC(=O)c1cc3ccccc3n(C(C)C)c1=O)C2)OC. The molecule has 34 heavy (non-hydrogen) atoms. The van der Waals surface area contributed by atoms with E-state index in [1.807, 2.05) is 38.1 Å². The molecule has 0 radical (unpaired) electrons. The molecule has 0 saturated carbocycles. The van der Waals surface area contributed by atoms with Gasteiger partial charge in [0, 0.05) is 58.0 Å². The third kappa shape index (κ3) is 5.20. The summed E-state index contributed by atoms with van der Waals surface area (Å²) in [5.74, 6) is -0.255. The maximum atomic E-state index is 13.2. The van der Waals surface area contributed by atoms with Crippen molar-refractivity contribution in [2.24, 2.45) is 0 Å². The largest absolute Gasteiger partial charge is 0.355 e. The molecule has 2 fully saturated rings. The van der Waals surface area contributed by atoms with Crippen LogP contribution < -0.4 is 16.2 Å². The highest BCUT2D eigenvalue weighted by atomic mass is 16.7. The van der Waals surface area contributed by atoms with Gasteiger partial charge in [0.15, 0.2) is 6.29 Å². The number of para-hydroxylation sites is 1. The minimum atomic E-state index is -0.255. The van der Waals surface area contributed by atoms with Crippen LogP contribution in [0, 0.1) is 0 Å². The molecule has 1 aromatic heterocycles. The highest BCUT2D eigenvalue weighted by Gasteiger charge is 2.40. The second kappa shape index (κ2) is 11.0. The average molecular weight is 471 g/mol. The maximum absolute atomic E-state index is 13.2. The van der Waals surface area contributed by atoms with Crippen molar-refractivity contribution in [1.82, 2.24) is 20.1 Å². The Morgan fingerprint density at radius 1 is 1.12 bits per heavy atom. The van der Waals surface area contributed by atoms with Gasteiger partial charge in [0.2, 0.25) is 0 Å². The van der Waals surface area contributed by atoms with Crippen LogP contribution in [0.1, 0.15) is 55.9 Å². The van der Waals surface area contributed by atoms with Crippen LogP contribution in [-0.4, -0.2) is 73.6 Å². The topological polar surface area (TPSA) is 84.8 Å². The summed E-state index contributed by atoms with van der Waals surface area (Å²) in [5.41, 5.74) is 0.877. The highest BCUT2D eigenvalue weighted by Crippen LogP contribution is 2.35. The Balaban J connectivity index is 1.39. The molecule has 2 aromatic rings. The number of pyridine rings is 1. The summed E-state index contributed by atoms with van der Waals surface area (Å²) in [5, 5.41) is 7.51. The fraction of sp³-hybridized carbons (Fsp3) is 0.615. The number of rotatable bonds is 10. The molecule has 186 valence electrons. The van der Waals surface area contributed by atoms with Crippen LogP contribution in [0.15, 0.2) is 35.1 Å². The third-order valence-electron chi connectivity index (χ3n) is 7.31. The molecule has 0 aliphatic carbocycles. The first-order valence-corrected chi connectivity index (χ1v) is 12.4. The van der Waals surface area contributed by atoms with Crippen LogP contribution in [0.5, 0.6) is 0 Å². The second-order valence-corrected chi connectivity index (χ2v) is 9.76. The smallest absolute Gasteiger partial charge is 0.264 e. The number of hydrogen-bond acceptors (Lipinski definition) is 6. The summed E-state index contributed by atoms with van der Waals surface area (Å²) >= 11 is 0. The molecule has 4 rings (SSSR count). The van der Waals surface area contributed by atoms with E-state index in [0.717, 1.165) is 49.7 Å². The molecule has 1 aromatic carbocycles. The number of benzene rings is 1. The van der Waals surface area contributed by atoms with Crippen molar-refractivity contribution >= 4 is 16.8 Å². The van der Waals surface area contributed by atoms with Gasteiger partial charge in [0.25, 0.3) is 11.5 Å². The minimum Gasteiger partial charge on any atom is -0.355 e. The summed E-state index contributed by atoms with van der Waals surface area (Å²) in [7, 11) is 3.29. The Labute approximate surface area is 201 Å². The number of carbonyl (C=O) groups is 1. The van der Waals surface area contributed by atoms with Gasteiger partial charge >= 0.3 is 0 Å². The number of fused-ring (bicyclic) bond motifs is 3. The summed E-state index contributed by atoms with van der Waals surface area (Å²) in [6.45, 7) is 6.46. The second-order valence-electron chi connectivity index (χ2n) is 9.76. The van der Waals surface area contributed by atoms with E-state index in [9.17, 15) is 9.59 Å². The minimum absolute atomic E-state index is 0.0269. The number of ether oxygens (including phenoxy) is 2. The number of nitrogens with zero attached hydrogens (tertiary/aromatic N) is 2. The normalized spacial score (nSPS) is 22.7.